The predicted molar refractivity (Wildman–Crippen MR) is 72.6 cm³/mol. The first-order valence-corrected chi connectivity index (χ1v) is 6.99. The quantitative estimate of drug-likeness (QED) is 0.890. The molecule has 2 aromatic rings. The van der Waals surface area contributed by atoms with Gasteiger partial charge in [0.25, 0.3) is 0 Å². The van der Waals surface area contributed by atoms with Gasteiger partial charge in [0.05, 0.1) is 5.02 Å². The molecule has 0 atom stereocenters. The molecule has 5 heteroatoms. The lowest BCUT2D eigenvalue weighted by Gasteiger charge is -2.18. The van der Waals surface area contributed by atoms with Gasteiger partial charge in [-0.25, -0.2) is 9.37 Å². The normalized spacial score (nSPS) is 16.7. The molecule has 0 unspecified atom stereocenters. The first-order valence-electron chi connectivity index (χ1n) is 6.62. The second kappa shape index (κ2) is 5.29. The van der Waals surface area contributed by atoms with Gasteiger partial charge in [-0.2, -0.15) is 5.10 Å². The van der Waals surface area contributed by atoms with Crippen LogP contribution in [0.4, 0.5) is 4.39 Å². The number of hydrogen-bond acceptors (Lipinski definition) is 2. The molecule has 1 N–H and O–H groups in total. The maximum Gasteiger partial charge on any atom is 0.181 e. The standard InChI is InChI=1S/C14H15ClFN3/c15-11-7-6-10(8-12(11)16)14-17-13(18-19-14)9-4-2-1-3-5-9/h6-9H,1-5H2,(H,17,18,19). The molecule has 0 aliphatic heterocycles. The van der Waals surface area contributed by atoms with Crippen LogP contribution in [0.15, 0.2) is 18.2 Å². The summed E-state index contributed by atoms with van der Waals surface area (Å²) in [5, 5.41) is 7.30. The van der Waals surface area contributed by atoms with E-state index < -0.39 is 5.82 Å². The third-order valence-corrected chi connectivity index (χ3v) is 3.98. The Morgan fingerprint density at radius 3 is 2.74 bits per heavy atom. The lowest BCUT2D eigenvalue weighted by Crippen LogP contribution is -2.06. The van der Waals surface area contributed by atoms with E-state index in [1.165, 1.54) is 31.4 Å². The van der Waals surface area contributed by atoms with Gasteiger partial charge in [0.1, 0.15) is 11.6 Å². The van der Waals surface area contributed by atoms with E-state index >= 15 is 0 Å². The van der Waals surface area contributed by atoms with Crippen LogP contribution in [-0.2, 0) is 0 Å². The number of rotatable bonds is 2. The Labute approximate surface area is 116 Å². The Bertz CT molecular complexity index is 576. The Morgan fingerprint density at radius 1 is 1.21 bits per heavy atom. The van der Waals surface area contributed by atoms with Crippen molar-refractivity contribution in [2.24, 2.45) is 0 Å². The molecular formula is C14H15ClFN3. The topological polar surface area (TPSA) is 41.6 Å². The molecule has 1 heterocycles. The second-order valence-electron chi connectivity index (χ2n) is 5.01. The van der Waals surface area contributed by atoms with Crippen molar-refractivity contribution >= 4 is 11.6 Å². The summed E-state index contributed by atoms with van der Waals surface area (Å²) >= 11 is 5.67. The highest BCUT2D eigenvalue weighted by atomic mass is 35.5. The van der Waals surface area contributed by atoms with Gasteiger partial charge < -0.3 is 0 Å². The molecule has 0 radical (unpaired) electrons. The molecule has 0 bridgehead atoms. The summed E-state index contributed by atoms with van der Waals surface area (Å²) in [5.74, 6) is 1.48. The van der Waals surface area contributed by atoms with Crippen molar-refractivity contribution in [2.75, 3.05) is 0 Å². The minimum absolute atomic E-state index is 0.117. The molecule has 100 valence electrons. The summed E-state index contributed by atoms with van der Waals surface area (Å²) in [4.78, 5) is 4.50. The minimum Gasteiger partial charge on any atom is -0.262 e. The molecule has 1 aliphatic carbocycles. The van der Waals surface area contributed by atoms with Crippen LogP contribution in [0, 0.1) is 5.82 Å². The zero-order valence-corrected chi connectivity index (χ0v) is 11.3. The Balaban J connectivity index is 1.85. The van der Waals surface area contributed by atoms with Crippen LogP contribution in [0.3, 0.4) is 0 Å². The highest BCUT2D eigenvalue weighted by molar-refractivity contribution is 6.30. The van der Waals surface area contributed by atoms with Gasteiger partial charge in [-0.1, -0.05) is 30.9 Å². The van der Waals surface area contributed by atoms with Crippen molar-refractivity contribution in [1.82, 2.24) is 15.2 Å². The van der Waals surface area contributed by atoms with Crippen LogP contribution < -0.4 is 0 Å². The van der Waals surface area contributed by atoms with Gasteiger partial charge in [0, 0.05) is 11.5 Å². The summed E-state index contributed by atoms with van der Waals surface area (Å²) in [5.41, 5.74) is 0.653. The fraction of sp³-hybridized carbons (Fsp3) is 0.429. The number of nitrogens with one attached hydrogen (secondary N) is 1. The summed E-state index contributed by atoms with van der Waals surface area (Å²) in [6.45, 7) is 0. The highest BCUT2D eigenvalue weighted by Crippen LogP contribution is 2.31. The zero-order valence-electron chi connectivity index (χ0n) is 10.5. The maximum absolute atomic E-state index is 13.4. The molecule has 3 nitrogen and oxygen atoms in total. The van der Waals surface area contributed by atoms with Crippen molar-refractivity contribution in [3.05, 3.63) is 34.9 Å². The fourth-order valence-electron chi connectivity index (χ4n) is 2.60. The average Bonchev–Trinajstić information content (AvgIpc) is 2.93. The number of aromatic amines is 1. The Kier molecular flexibility index (Phi) is 3.51. The third kappa shape index (κ3) is 2.63. The molecule has 19 heavy (non-hydrogen) atoms. The van der Waals surface area contributed by atoms with E-state index in [1.807, 2.05) is 0 Å². The van der Waals surface area contributed by atoms with E-state index in [-0.39, 0.29) is 5.02 Å². The number of aromatic nitrogens is 3. The largest absolute Gasteiger partial charge is 0.262 e. The summed E-state index contributed by atoms with van der Waals surface area (Å²) in [6.07, 6.45) is 6.11. The smallest absolute Gasteiger partial charge is 0.181 e. The van der Waals surface area contributed by atoms with Crippen LogP contribution in [-0.4, -0.2) is 15.2 Å². The number of hydrogen-bond donors (Lipinski definition) is 1. The highest BCUT2D eigenvalue weighted by Gasteiger charge is 2.19. The van der Waals surface area contributed by atoms with Crippen LogP contribution in [0.5, 0.6) is 0 Å². The van der Waals surface area contributed by atoms with Crippen molar-refractivity contribution < 1.29 is 4.39 Å². The van der Waals surface area contributed by atoms with E-state index in [9.17, 15) is 4.39 Å². The molecule has 0 saturated heterocycles. The Morgan fingerprint density at radius 2 is 2.00 bits per heavy atom. The number of H-pyrrole nitrogens is 1. The molecule has 3 rings (SSSR count). The molecule has 0 spiro atoms. The number of nitrogens with zero attached hydrogens (tertiary/aromatic N) is 2. The van der Waals surface area contributed by atoms with Crippen LogP contribution in [0.2, 0.25) is 5.02 Å². The number of benzene rings is 1. The molecule has 1 saturated carbocycles. The third-order valence-electron chi connectivity index (χ3n) is 3.67. The molecular weight excluding hydrogens is 265 g/mol. The molecule has 0 amide bonds. The van der Waals surface area contributed by atoms with Crippen LogP contribution in [0.1, 0.15) is 43.8 Å². The summed E-state index contributed by atoms with van der Waals surface area (Å²) < 4.78 is 13.4. The first-order chi connectivity index (χ1) is 9.24. The molecule has 1 aromatic heterocycles. The van der Waals surface area contributed by atoms with Gasteiger partial charge in [0.2, 0.25) is 0 Å². The molecule has 1 aromatic carbocycles. The minimum atomic E-state index is -0.441. The summed E-state index contributed by atoms with van der Waals surface area (Å²) in [7, 11) is 0. The maximum atomic E-state index is 13.4. The van der Waals surface area contributed by atoms with Crippen LogP contribution >= 0.6 is 11.6 Å². The molecule has 1 fully saturated rings. The molecule has 1 aliphatic rings. The van der Waals surface area contributed by atoms with E-state index in [0.29, 0.717) is 17.3 Å². The Hall–Kier alpha value is -1.42. The van der Waals surface area contributed by atoms with E-state index in [1.54, 1.807) is 6.07 Å². The van der Waals surface area contributed by atoms with E-state index in [4.69, 9.17) is 11.6 Å². The monoisotopic (exact) mass is 279 g/mol. The lowest BCUT2D eigenvalue weighted by molar-refractivity contribution is 0.429. The fourth-order valence-corrected chi connectivity index (χ4v) is 2.71. The predicted octanol–water partition coefficient (Wildman–Crippen LogP) is 4.31. The van der Waals surface area contributed by atoms with Gasteiger partial charge in [-0.3, -0.25) is 5.10 Å². The van der Waals surface area contributed by atoms with Crippen molar-refractivity contribution in [3.63, 3.8) is 0 Å². The summed E-state index contributed by atoms with van der Waals surface area (Å²) in [6, 6.07) is 4.64. The zero-order chi connectivity index (χ0) is 13.2. The SMILES string of the molecule is Fc1cc(-c2n[nH]c(C3CCCCC3)n2)ccc1Cl. The van der Waals surface area contributed by atoms with E-state index in [0.717, 1.165) is 18.7 Å². The second-order valence-corrected chi connectivity index (χ2v) is 5.42. The van der Waals surface area contributed by atoms with Crippen molar-refractivity contribution in [1.29, 1.82) is 0 Å². The van der Waals surface area contributed by atoms with Gasteiger partial charge >= 0.3 is 0 Å². The lowest BCUT2D eigenvalue weighted by atomic mass is 9.89. The van der Waals surface area contributed by atoms with Gasteiger partial charge in [-0.05, 0) is 31.0 Å². The van der Waals surface area contributed by atoms with Crippen LogP contribution in [0.25, 0.3) is 11.4 Å². The number of halogens is 2. The van der Waals surface area contributed by atoms with Gasteiger partial charge in [0.15, 0.2) is 5.82 Å². The van der Waals surface area contributed by atoms with Crippen molar-refractivity contribution in [3.8, 4) is 11.4 Å². The first kappa shape index (κ1) is 12.6. The average molecular weight is 280 g/mol. The van der Waals surface area contributed by atoms with Crippen molar-refractivity contribution in [2.45, 2.75) is 38.0 Å². The van der Waals surface area contributed by atoms with Gasteiger partial charge in [-0.15, -0.1) is 0 Å². The van der Waals surface area contributed by atoms with E-state index in [2.05, 4.69) is 15.2 Å².